The van der Waals surface area contributed by atoms with Gasteiger partial charge in [-0.25, -0.2) is 14.2 Å². The highest BCUT2D eigenvalue weighted by atomic mass is 19.1. The number of aryl methyl sites for hydroxylation is 2. The Morgan fingerprint density at radius 3 is 2.58 bits per heavy atom. The number of aromatic nitrogens is 3. The van der Waals surface area contributed by atoms with Gasteiger partial charge in [0.2, 0.25) is 5.95 Å². The summed E-state index contributed by atoms with van der Waals surface area (Å²) in [5.74, 6) is -1.72. The van der Waals surface area contributed by atoms with Crippen LogP contribution in [0.3, 0.4) is 0 Å². The fraction of sp³-hybridized carbons (Fsp3) is 0.167. The smallest absolute Gasteiger partial charge is 0.335 e. The van der Waals surface area contributed by atoms with Crippen molar-refractivity contribution in [2.24, 2.45) is 0 Å². The van der Waals surface area contributed by atoms with Gasteiger partial charge in [0.15, 0.2) is 0 Å². The number of nitrogens with zero attached hydrogens (tertiary/aromatic N) is 3. The van der Waals surface area contributed by atoms with Crippen LogP contribution < -0.4 is 5.32 Å². The number of benzene rings is 1. The second kappa shape index (κ2) is 4.97. The minimum Gasteiger partial charge on any atom is -0.478 e. The lowest BCUT2D eigenvalue weighted by Crippen LogP contribution is -2.05. The van der Waals surface area contributed by atoms with Crippen LogP contribution in [0.25, 0.3) is 0 Å². The van der Waals surface area contributed by atoms with Crippen LogP contribution in [0, 0.1) is 19.7 Å². The van der Waals surface area contributed by atoms with Crippen LogP contribution in [0.5, 0.6) is 0 Å². The maximum absolute atomic E-state index is 13.7. The molecule has 0 atom stereocenters. The molecule has 0 amide bonds. The Hall–Kier alpha value is -2.57. The van der Waals surface area contributed by atoms with Crippen LogP contribution in [-0.4, -0.2) is 26.3 Å². The van der Waals surface area contributed by atoms with E-state index in [-0.39, 0.29) is 17.2 Å². The standard InChI is InChI=1S/C12H11FN4O2/c1-6-7(2)16-17-12(14-6)15-10-4-3-8(11(18)19)5-9(10)13/h3-5H,1-2H3,(H,18,19)(H,14,15,17). The third-order valence-electron chi connectivity index (χ3n) is 2.55. The zero-order valence-corrected chi connectivity index (χ0v) is 10.3. The van der Waals surface area contributed by atoms with Crippen molar-refractivity contribution >= 4 is 17.6 Å². The summed E-state index contributed by atoms with van der Waals surface area (Å²) in [6, 6.07) is 3.54. The molecule has 2 rings (SSSR count). The van der Waals surface area contributed by atoms with Crippen molar-refractivity contribution in [1.82, 2.24) is 15.2 Å². The van der Waals surface area contributed by atoms with Gasteiger partial charge in [-0.15, -0.1) is 5.10 Å². The minimum absolute atomic E-state index is 0.0926. The molecule has 0 aliphatic carbocycles. The summed E-state index contributed by atoms with van der Waals surface area (Å²) in [5.41, 5.74) is 1.34. The average molecular weight is 262 g/mol. The summed E-state index contributed by atoms with van der Waals surface area (Å²) in [6.07, 6.45) is 0. The molecular formula is C12H11FN4O2. The number of nitrogens with one attached hydrogen (secondary N) is 1. The number of carbonyl (C=O) groups is 1. The molecule has 1 heterocycles. The summed E-state index contributed by atoms with van der Waals surface area (Å²) >= 11 is 0. The van der Waals surface area contributed by atoms with E-state index < -0.39 is 11.8 Å². The summed E-state index contributed by atoms with van der Waals surface area (Å²) in [5, 5.41) is 19.0. The summed E-state index contributed by atoms with van der Waals surface area (Å²) in [6.45, 7) is 3.53. The van der Waals surface area contributed by atoms with E-state index in [4.69, 9.17) is 5.11 Å². The lowest BCUT2D eigenvalue weighted by Gasteiger charge is -2.07. The molecule has 1 aromatic heterocycles. The van der Waals surface area contributed by atoms with Gasteiger partial charge in [-0.3, -0.25) is 0 Å². The lowest BCUT2D eigenvalue weighted by molar-refractivity contribution is 0.0696. The quantitative estimate of drug-likeness (QED) is 0.880. The third-order valence-corrected chi connectivity index (χ3v) is 2.55. The van der Waals surface area contributed by atoms with Gasteiger partial charge >= 0.3 is 5.97 Å². The van der Waals surface area contributed by atoms with Crippen molar-refractivity contribution in [3.63, 3.8) is 0 Å². The van der Waals surface area contributed by atoms with Crippen LogP contribution in [0.15, 0.2) is 18.2 Å². The van der Waals surface area contributed by atoms with E-state index in [1.54, 1.807) is 13.8 Å². The molecule has 0 saturated heterocycles. The van der Waals surface area contributed by atoms with Crippen molar-refractivity contribution in [1.29, 1.82) is 0 Å². The summed E-state index contributed by atoms with van der Waals surface area (Å²) in [7, 11) is 0. The molecule has 0 radical (unpaired) electrons. The molecule has 0 unspecified atom stereocenters. The molecule has 19 heavy (non-hydrogen) atoms. The molecule has 6 nitrogen and oxygen atoms in total. The average Bonchev–Trinajstić information content (AvgIpc) is 2.36. The molecule has 1 aromatic carbocycles. The van der Waals surface area contributed by atoms with Gasteiger partial charge in [0.25, 0.3) is 0 Å². The number of hydrogen-bond acceptors (Lipinski definition) is 5. The van der Waals surface area contributed by atoms with Gasteiger partial charge in [0.05, 0.1) is 22.6 Å². The van der Waals surface area contributed by atoms with Gasteiger partial charge in [-0.2, -0.15) is 5.10 Å². The van der Waals surface area contributed by atoms with Crippen molar-refractivity contribution in [2.45, 2.75) is 13.8 Å². The van der Waals surface area contributed by atoms with E-state index in [0.29, 0.717) is 11.4 Å². The molecule has 0 spiro atoms. The van der Waals surface area contributed by atoms with Crippen molar-refractivity contribution in [2.75, 3.05) is 5.32 Å². The van der Waals surface area contributed by atoms with Gasteiger partial charge < -0.3 is 10.4 Å². The first-order valence-corrected chi connectivity index (χ1v) is 5.45. The number of carboxylic acids is 1. The zero-order valence-electron chi connectivity index (χ0n) is 10.3. The topological polar surface area (TPSA) is 88.0 Å². The van der Waals surface area contributed by atoms with E-state index >= 15 is 0 Å². The summed E-state index contributed by atoms with van der Waals surface area (Å²) in [4.78, 5) is 14.8. The highest BCUT2D eigenvalue weighted by Gasteiger charge is 2.10. The van der Waals surface area contributed by atoms with Crippen LogP contribution in [0.2, 0.25) is 0 Å². The van der Waals surface area contributed by atoms with Gasteiger partial charge in [0.1, 0.15) is 5.82 Å². The highest BCUT2D eigenvalue weighted by molar-refractivity contribution is 5.88. The Bertz CT molecular complexity index is 646. The van der Waals surface area contributed by atoms with Crippen LogP contribution in [0.1, 0.15) is 21.7 Å². The number of rotatable bonds is 3. The van der Waals surface area contributed by atoms with Gasteiger partial charge in [-0.1, -0.05) is 0 Å². The van der Waals surface area contributed by atoms with Gasteiger partial charge in [0, 0.05) is 0 Å². The molecule has 7 heteroatoms. The SMILES string of the molecule is Cc1nnc(Nc2ccc(C(=O)O)cc2F)nc1C. The first-order chi connectivity index (χ1) is 8.97. The maximum Gasteiger partial charge on any atom is 0.335 e. The third kappa shape index (κ3) is 2.82. The fourth-order valence-corrected chi connectivity index (χ4v) is 1.38. The maximum atomic E-state index is 13.7. The summed E-state index contributed by atoms with van der Waals surface area (Å²) < 4.78 is 13.7. The van der Waals surface area contributed by atoms with Crippen LogP contribution in [0.4, 0.5) is 16.0 Å². The van der Waals surface area contributed by atoms with Gasteiger partial charge in [-0.05, 0) is 32.0 Å². The van der Waals surface area contributed by atoms with E-state index in [2.05, 4.69) is 20.5 Å². The predicted octanol–water partition coefficient (Wildman–Crippen LogP) is 2.07. The largest absolute Gasteiger partial charge is 0.478 e. The van der Waals surface area contributed by atoms with Crippen LogP contribution in [-0.2, 0) is 0 Å². The Balaban J connectivity index is 2.28. The van der Waals surface area contributed by atoms with Crippen molar-refractivity contribution < 1.29 is 14.3 Å². The second-order valence-corrected chi connectivity index (χ2v) is 3.93. The zero-order chi connectivity index (χ0) is 14.0. The molecule has 0 aliphatic heterocycles. The fourth-order valence-electron chi connectivity index (χ4n) is 1.38. The number of anilines is 2. The van der Waals surface area contributed by atoms with E-state index in [9.17, 15) is 9.18 Å². The molecule has 0 saturated carbocycles. The first kappa shape index (κ1) is 12.9. The lowest BCUT2D eigenvalue weighted by atomic mass is 10.2. The highest BCUT2D eigenvalue weighted by Crippen LogP contribution is 2.19. The first-order valence-electron chi connectivity index (χ1n) is 5.45. The monoisotopic (exact) mass is 262 g/mol. The molecule has 0 bridgehead atoms. The van der Waals surface area contributed by atoms with E-state index in [1.165, 1.54) is 12.1 Å². The van der Waals surface area contributed by atoms with E-state index in [0.717, 1.165) is 6.07 Å². The van der Waals surface area contributed by atoms with E-state index in [1.807, 2.05) is 0 Å². The molecule has 0 aliphatic rings. The Morgan fingerprint density at radius 1 is 1.26 bits per heavy atom. The normalized spacial score (nSPS) is 10.3. The predicted molar refractivity (Wildman–Crippen MR) is 65.9 cm³/mol. The second-order valence-electron chi connectivity index (χ2n) is 3.93. The number of aromatic carboxylic acids is 1. The Labute approximate surface area is 108 Å². The molecule has 98 valence electrons. The van der Waals surface area contributed by atoms with Crippen molar-refractivity contribution in [3.05, 3.63) is 41.0 Å². The number of hydrogen-bond donors (Lipinski definition) is 2. The van der Waals surface area contributed by atoms with Crippen LogP contribution >= 0.6 is 0 Å². The molecule has 2 aromatic rings. The molecular weight excluding hydrogens is 251 g/mol. The number of carboxylic acid groups (broad SMARTS) is 1. The molecule has 2 N–H and O–H groups in total. The Morgan fingerprint density at radius 2 is 2.00 bits per heavy atom. The minimum atomic E-state index is -1.19. The Kier molecular flexibility index (Phi) is 3.37. The number of halogens is 1. The molecule has 0 fully saturated rings. The van der Waals surface area contributed by atoms with Crippen molar-refractivity contribution in [3.8, 4) is 0 Å².